The van der Waals surface area contributed by atoms with E-state index in [1.807, 2.05) is 0 Å². The van der Waals surface area contributed by atoms with Gasteiger partial charge in [-0.05, 0) is 52.1 Å². The van der Waals surface area contributed by atoms with Gasteiger partial charge in [-0.3, -0.25) is 4.90 Å². The zero-order chi connectivity index (χ0) is 10.8. The zero-order valence-corrected chi connectivity index (χ0v) is 10.5. The molecule has 1 heterocycles. The van der Waals surface area contributed by atoms with Crippen LogP contribution in [0, 0.1) is 5.92 Å². The Balaban J connectivity index is 1.97. The molecule has 0 amide bonds. The van der Waals surface area contributed by atoms with E-state index < -0.39 is 0 Å². The lowest BCUT2D eigenvalue weighted by molar-refractivity contribution is 0.0725. The standard InChI is InChI=1S/C13H26N2/c1-10-7-8-15(11(2)9-10)13-6-4-5-12(13)14-3/h10-14H,4-9H2,1-3H3. The van der Waals surface area contributed by atoms with Crippen LogP contribution in [0.3, 0.4) is 0 Å². The van der Waals surface area contributed by atoms with Gasteiger partial charge in [0.15, 0.2) is 0 Å². The van der Waals surface area contributed by atoms with Crippen LogP contribution in [0.1, 0.15) is 46.0 Å². The average Bonchev–Trinajstić information content (AvgIpc) is 2.65. The molecule has 4 unspecified atom stereocenters. The molecule has 2 heteroatoms. The number of hydrogen-bond acceptors (Lipinski definition) is 2. The van der Waals surface area contributed by atoms with Crippen LogP contribution >= 0.6 is 0 Å². The van der Waals surface area contributed by atoms with Crippen molar-refractivity contribution in [1.82, 2.24) is 10.2 Å². The Bertz CT molecular complexity index is 205. The Morgan fingerprint density at radius 2 is 1.93 bits per heavy atom. The maximum atomic E-state index is 3.50. The number of likely N-dealkylation sites (tertiary alicyclic amines) is 1. The third-order valence-corrected chi connectivity index (χ3v) is 4.47. The van der Waals surface area contributed by atoms with Crippen LogP contribution in [0.15, 0.2) is 0 Å². The third-order valence-electron chi connectivity index (χ3n) is 4.47. The number of nitrogens with one attached hydrogen (secondary N) is 1. The van der Waals surface area contributed by atoms with Crippen molar-refractivity contribution in [2.45, 2.75) is 64.1 Å². The molecule has 2 aliphatic rings. The second kappa shape index (κ2) is 4.84. The van der Waals surface area contributed by atoms with E-state index in [-0.39, 0.29) is 0 Å². The van der Waals surface area contributed by atoms with Gasteiger partial charge < -0.3 is 5.32 Å². The summed E-state index contributed by atoms with van der Waals surface area (Å²) in [6, 6.07) is 2.37. The minimum atomic E-state index is 0.751. The van der Waals surface area contributed by atoms with E-state index in [0.717, 1.165) is 24.0 Å². The number of rotatable bonds is 2. The summed E-state index contributed by atoms with van der Waals surface area (Å²) in [5.74, 6) is 0.936. The summed E-state index contributed by atoms with van der Waals surface area (Å²) in [5.41, 5.74) is 0. The quantitative estimate of drug-likeness (QED) is 0.752. The molecule has 2 rings (SSSR count). The predicted octanol–water partition coefficient (Wildman–Crippen LogP) is 2.25. The number of hydrogen-bond donors (Lipinski definition) is 1. The summed E-state index contributed by atoms with van der Waals surface area (Å²) < 4.78 is 0. The van der Waals surface area contributed by atoms with Gasteiger partial charge in [-0.1, -0.05) is 13.3 Å². The van der Waals surface area contributed by atoms with Crippen LogP contribution in [0.5, 0.6) is 0 Å². The number of likely N-dealkylation sites (N-methyl/N-ethyl adjacent to an activating group) is 1. The van der Waals surface area contributed by atoms with E-state index >= 15 is 0 Å². The normalized spacial score (nSPS) is 43.4. The van der Waals surface area contributed by atoms with Gasteiger partial charge in [0.05, 0.1) is 0 Å². The molecule has 0 aromatic heterocycles. The van der Waals surface area contributed by atoms with Crippen molar-refractivity contribution in [2.75, 3.05) is 13.6 Å². The van der Waals surface area contributed by atoms with Gasteiger partial charge in [0, 0.05) is 18.1 Å². The van der Waals surface area contributed by atoms with E-state index in [9.17, 15) is 0 Å². The number of piperidine rings is 1. The van der Waals surface area contributed by atoms with E-state index in [2.05, 4.69) is 31.1 Å². The van der Waals surface area contributed by atoms with Crippen LogP contribution in [-0.4, -0.2) is 36.6 Å². The Hall–Kier alpha value is -0.0800. The van der Waals surface area contributed by atoms with Gasteiger partial charge in [-0.2, -0.15) is 0 Å². The maximum Gasteiger partial charge on any atom is 0.0252 e. The smallest absolute Gasteiger partial charge is 0.0252 e. The maximum absolute atomic E-state index is 3.50. The molecular formula is C13H26N2. The SMILES string of the molecule is CNC1CCCC1N1CCC(C)CC1C. The molecule has 0 radical (unpaired) electrons. The van der Waals surface area contributed by atoms with Crippen molar-refractivity contribution < 1.29 is 0 Å². The summed E-state index contributed by atoms with van der Waals surface area (Å²) in [7, 11) is 2.13. The van der Waals surface area contributed by atoms with Gasteiger partial charge in [0.25, 0.3) is 0 Å². The zero-order valence-electron chi connectivity index (χ0n) is 10.5. The van der Waals surface area contributed by atoms with Crippen LogP contribution in [0.4, 0.5) is 0 Å². The summed E-state index contributed by atoms with van der Waals surface area (Å²) in [4.78, 5) is 2.77. The van der Waals surface area contributed by atoms with E-state index in [0.29, 0.717) is 0 Å². The van der Waals surface area contributed by atoms with Crippen molar-refractivity contribution in [3.63, 3.8) is 0 Å². The molecule has 15 heavy (non-hydrogen) atoms. The monoisotopic (exact) mass is 210 g/mol. The largest absolute Gasteiger partial charge is 0.315 e. The number of nitrogens with zero attached hydrogens (tertiary/aromatic N) is 1. The molecule has 0 aromatic carbocycles. The van der Waals surface area contributed by atoms with Crippen LogP contribution in [0.25, 0.3) is 0 Å². The first kappa shape index (κ1) is 11.4. The van der Waals surface area contributed by atoms with Crippen molar-refractivity contribution in [3.05, 3.63) is 0 Å². The first-order chi connectivity index (χ1) is 7.22. The molecule has 2 nitrogen and oxygen atoms in total. The highest BCUT2D eigenvalue weighted by molar-refractivity contribution is 4.93. The summed E-state index contributed by atoms with van der Waals surface area (Å²) in [6.45, 7) is 6.14. The lowest BCUT2D eigenvalue weighted by Crippen LogP contribution is -2.52. The van der Waals surface area contributed by atoms with Crippen molar-refractivity contribution in [1.29, 1.82) is 0 Å². The van der Waals surface area contributed by atoms with Gasteiger partial charge in [-0.25, -0.2) is 0 Å². The molecule has 88 valence electrons. The fourth-order valence-electron chi connectivity index (χ4n) is 3.59. The molecule has 1 saturated carbocycles. The molecule has 0 aromatic rings. The van der Waals surface area contributed by atoms with Gasteiger partial charge in [-0.15, -0.1) is 0 Å². The molecule has 4 atom stereocenters. The molecule has 0 spiro atoms. The van der Waals surface area contributed by atoms with Gasteiger partial charge in [0.2, 0.25) is 0 Å². The minimum absolute atomic E-state index is 0.751. The van der Waals surface area contributed by atoms with Crippen LogP contribution < -0.4 is 5.32 Å². The molecule has 1 aliphatic carbocycles. The molecule has 1 aliphatic heterocycles. The minimum Gasteiger partial charge on any atom is -0.315 e. The Morgan fingerprint density at radius 3 is 2.60 bits per heavy atom. The third kappa shape index (κ3) is 2.36. The molecule has 2 fully saturated rings. The molecule has 1 saturated heterocycles. The Labute approximate surface area is 94.4 Å². The van der Waals surface area contributed by atoms with Crippen molar-refractivity contribution in [3.8, 4) is 0 Å². The molecule has 0 bridgehead atoms. The summed E-state index contributed by atoms with van der Waals surface area (Å²) >= 11 is 0. The highest BCUT2D eigenvalue weighted by Crippen LogP contribution is 2.31. The first-order valence-corrected chi connectivity index (χ1v) is 6.65. The topological polar surface area (TPSA) is 15.3 Å². The summed E-state index contributed by atoms with van der Waals surface area (Å²) in [5, 5.41) is 3.50. The predicted molar refractivity (Wildman–Crippen MR) is 65.1 cm³/mol. The molecule has 1 N–H and O–H groups in total. The Kier molecular flexibility index (Phi) is 3.68. The van der Waals surface area contributed by atoms with E-state index in [1.165, 1.54) is 38.6 Å². The first-order valence-electron chi connectivity index (χ1n) is 6.65. The lowest BCUT2D eigenvalue weighted by atomic mass is 9.91. The van der Waals surface area contributed by atoms with E-state index in [1.54, 1.807) is 0 Å². The highest BCUT2D eigenvalue weighted by atomic mass is 15.2. The van der Waals surface area contributed by atoms with Gasteiger partial charge >= 0.3 is 0 Å². The fourth-order valence-corrected chi connectivity index (χ4v) is 3.59. The fraction of sp³-hybridized carbons (Fsp3) is 1.00. The second-order valence-corrected chi connectivity index (χ2v) is 5.61. The van der Waals surface area contributed by atoms with Crippen LogP contribution in [-0.2, 0) is 0 Å². The van der Waals surface area contributed by atoms with E-state index in [4.69, 9.17) is 0 Å². The van der Waals surface area contributed by atoms with Crippen molar-refractivity contribution >= 4 is 0 Å². The highest BCUT2D eigenvalue weighted by Gasteiger charge is 2.35. The average molecular weight is 210 g/mol. The molecular weight excluding hydrogens is 184 g/mol. The van der Waals surface area contributed by atoms with Crippen LogP contribution in [0.2, 0.25) is 0 Å². The Morgan fingerprint density at radius 1 is 1.13 bits per heavy atom. The van der Waals surface area contributed by atoms with Crippen molar-refractivity contribution in [2.24, 2.45) is 5.92 Å². The second-order valence-electron chi connectivity index (χ2n) is 5.61. The summed E-state index contributed by atoms with van der Waals surface area (Å²) in [6.07, 6.45) is 6.99. The lowest BCUT2D eigenvalue weighted by Gasteiger charge is -2.42. The van der Waals surface area contributed by atoms with Gasteiger partial charge in [0.1, 0.15) is 0 Å².